The quantitative estimate of drug-likeness (QED) is 0.524. The van der Waals surface area contributed by atoms with Crippen LogP contribution in [-0.2, 0) is 0 Å². The molecular formula is C21H21N5O3. The van der Waals surface area contributed by atoms with Crippen molar-refractivity contribution in [3.63, 3.8) is 0 Å². The normalized spacial score (nSPS) is 11.0. The van der Waals surface area contributed by atoms with E-state index in [0.29, 0.717) is 33.8 Å². The molecule has 0 aliphatic heterocycles. The van der Waals surface area contributed by atoms with E-state index in [-0.39, 0.29) is 11.6 Å². The number of carbonyl (C=O) groups is 1. The van der Waals surface area contributed by atoms with Crippen LogP contribution in [0.4, 0.5) is 11.5 Å². The second-order valence-electron chi connectivity index (χ2n) is 6.51. The summed E-state index contributed by atoms with van der Waals surface area (Å²) in [5.41, 5.74) is 2.39. The Morgan fingerprint density at radius 1 is 1.21 bits per heavy atom. The maximum Gasteiger partial charge on any atom is 0.259 e. The fourth-order valence-corrected chi connectivity index (χ4v) is 3.22. The molecular weight excluding hydrogens is 370 g/mol. The Balaban J connectivity index is 1.67. The van der Waals surface area contributed by atoms with E-state index in [2.05, 4.69) is 39.2 Å². The Labute approximate surface area is 167 Å². The van der Waals surface area contributed by atoms with Crippen LogP contribution < -0.4 is 10.2 Å². The lowest BCUT2D eigenvalue weighted by molar-refractivity contribution is 0.102. The third-order valence-electron chi connectivity index (χ3n) is 4.73. The van der Waals surface area contributed by atoms with Gasteiger partial charge in [0.1, 0.15) is 11.5 Å². The Bertz CT molecular complexity index is 1130. The van der Waals surface area contributed by atoms with Crippen molar-refractivity contribution >= 4 is 28.5 Å². The lowest BCUT2D eigenvalue weighted by Gasteiger charge is -2.19. The predicted molar refractivity (Wildman–Crippen MR) is 110 cm³/mol. The van der Waals surface area contributed by atoms with Gasteiger partial charge < -0.3 is 19.2 Å². The van der Waals surface area contributed by atoms with Crippen LogP contribution in [0.15, 0.2) is 51.7 Å². The summed E-state index contributed by atoms with van der Waals surface area (Å²) in [6, 6.07) is 8.94. The van der Waals surface area contributed by atoms with E-state index in [1.807, 2.05) is 12.1 Å². The van der Waals surface area contributed by atoms with Gasteiger partial charge in [-0.25, -0.2) is 9.97 Å². The van der Waals surface area contributed by atoms with Crippen molar-refractivity contribution in [2.75, 3.05) is 23.3 Å². The van der Waals surface area contributed by atoms with Gasteiger partial charge >= 0.3 is 0 Å². The van der Waals surface area contributed by atoms with Crippen LogP contribution in [0, 0.1) is 6.92 Å². The van der Waals surface area contributed by atoms with Crippen molar-refractivity contribution in [2.45, 2.75) is 20.8 Å². The van der Waals surface area contributed by atoms with Gasteiger partial charge in [0.2, 0.25) is 0 Å². The van der Waals surface area contributed by atoms with Crippen LogP contribution >= 0.6 is 0 Å². The second-order valence-corrected chi connectivity index (χ2v) is 6.51. The first kappa shape index (κ1) is 18.7. The third kappa shape index (κ3) is 3.56. The van der Waals surface area contributed by atoms with E-state index in [0.717, 1.165) is 18.9 Å². The summed E-state index contributed by atoms with van der Waals surface area (Å²) < 4.78 is 10.7. The zero-order valence-electron chi connectivity index (χ0n) is 16.5. The minimum atomic E-state index is -0.297. The molecule has 4 heterocycles. The van der Waals surface area contributed by atoms with Crippen LogP contribution in [0.5, 0.6) is 0 Å². The van der Waals surface area contributed by atoms with E-state index >= 15 is 0 Å². The Morgan fingerprint density at radius 2 is 2.03 bits per heavy atom. The topological polar surface area (TPSA) is 97.3 Å². The van der Waals surface area contributed by atoms with E-state index in [1.54, 1.807) is 37.6 Å². The van der Waals surface area contributed by atoms with Gasteiger partial charge in [0.05, 0.1) is 34.8 Å². The summed E-state index contributed by atoms with van der Waals surface area (Å²) in [4.78, 5) is 24.1. The number of nitrogens with zero attached hydrogens (tertiary/aromatic N) is 4. The molecule has 0 aromatic carbocycles. The zero-order chi connectivity index (χ0) is 20.4. The Hall–Kier alpha value is -3.68. The molecule has 0 atom stereocenters. The third-order valence-corrected chi connectivity index (χ3v) is 4.73. The second kappa shape index (κ2) is 7.75. The molecule has 0 aliphatic carbocycles. The van der Waals surface area contributed by atoms with Gasteiger partial charge in [-0.1, -0.05) is 5.16 Å². The molecule has 1 amide bonds. The molecule has 0 saturated heterocycles. The highest BCUT2D eigenvalue weighted by molar-refractivity contribution is 6.12. The summed E-state index contributed by atoms with van der Waals surface area (Å²) in [6.07, 6.45) is 3.20. The maximum absolute atomic E-state index is 13.1. The van der Waals surface area contributed by atoms with Crippen LogP contribution in [0.3, 0.4) is 0 Å². The standard InChI is InChI=1S/C21H21N5O3/c1-4-26(5-2)18-9-8-14(12-22-18)23-20(27)15-11-16(17-7-6-10-28-17)24-21-19(15)13(3)25-29-21/h6-12H,4-5H2,1-3H3,(H,23,27). The van der Waals surface area contributed by atoms with Gasteiger partial charge in [-0.05, 0) is 51.1 Å². The fourth-order valence-electron chi connectivity index (χ4n) is 3.22. The van der Waals surface area contributed by atoms with Crippen LogP contribution in [-0.4, -0.2) is 34.1 Å². The molecule has 4 aromatic rings. The first-order valence-corrected chi connectivity index (χ1v) is 9.44. The number of amides is 1. The first-order valence-electron chi connectivity index (χ1n) is 9.44. The molecule has 29 heavy (non-hydrogen) atoms. The number of nitrogens with one attached hydrogen (secondary N) is 1. The van der Waals surface area contributed by atoms with Crippen LogP contribution in [0.1, 0.15) is 29.9 Å². The highest BCUT2D eigenvalue weighted by atomic mass is 16.5. The average molecular weight is 391 g/mol. The van der Waals surface area contributed by atoms with Crippen molar-refractivity contribution in [1.29, 1.82) is 0 Å². The smallest absolute Gasteiger partial charge is 0.259 e. The van der Waals surface area contributed by atoms with Crippen molar-refractivity contribution < 1.29 is 13.7 Å². The molecule has 0 saturated carbocycles. The number of pyridine rings is 2. The van der Waals surface area contributed by atoms with Gasteiger partial charge in [0, 0.05) is 13.1 Å². The van der Waals surface area contributed by atoms with Crippen molar-refractivity contribution in [3.8, 4) is 11.5 Å². The maximum atomic E-state index is 13.1. The van der Waals surface area contributed by atoms with Crippen molar-refractivity contribution in [1.82, 2.24) is 15.1 Å². The number of fused-ring (bicyclic) bond motifs is 1. The lowest BCUT2D eigenvalue weighted by atomic mass is 10.1. The Kier molecular flexibility index (Phi) is 4.99. The predicted octanol–water partition coefficient (Wildman–Crippen LogP) is 4.28. The molecule has 0 aliphatic rings. The highest BCUT2D eigenvalue weighted by Crippen LogP contribution is 2.28. The summed E-state index contributed by atoms with van der Waals surface area (Å²) in [6.45, 7) is 7.66. The molecule has 4 aromatic heterocycles. The number of aromatic nitrogens is 3. The van der Waals surface area contributed by atoms with Gasteiger partial charge in [-0.15, -0.1) is 0 Å². The number of carbonyl (C=O) groups excluding carboxylic acids is 1. The number of furan rings is 1. The SMILES string of the molecule is CCN(CC)c1ccc(NC(=O)c2cc(-c3ccco3)nc3onc(C)c23)cn1. The summed E-state index contributed by atoms with van der Waals surface area (Å²) in [7, 11) is 0. The molecule has 0 radical (unpaired) electrons. The van der Waals surface area contributed by atoms with E-state index in [1.165, 1.54) is 0 Å². The minimum Gasteiger partial charge on any atom is -0.463 e. The number of hydrogen-bond donors (Lipinski definition) is 1. The zero-order valence-corrected chi connectivity index (χ0v) is 16.5. The van der Waals surface area contributed by atoms with E-state index in [9.17, 15) is 4.79 Å². The number of rotatable bonds is 6. The van der Waals surface area contributed by atoms with Crippen LogP contribution in [0.2, 0.25) is 0 Å². The van der Waals surface area contributed by atoms with E-state index in [4.69, 9.17) is 8.94 Å². The molecule has 8 heteroatoms. The molecule has 148 valence electrons. The van der Waals surface area contributed by atoms with E-state index < -0.39 is 0 Å². The monoisotopic (exact) mass is 391 g/mol. The molecule has 0 bridgehead atoms. The summed E-state index contributed by atoms with van der Waals surface area (Å²) in [5.74, 6) is 1.11. The van der Waals surface area contributed by atoms with Gasteiger partial charge in [0.25, 0.3) is 11.6 Å². The van der Waals surface area contributed by atoms with Crippen LogP contribution in [0.25, 0.3) is 22.6 Å². The first-order chi connectivity index (χ1) is 14.1. The molecule has 0 fully saturated rings. The number of aryl methyl sites for hydroxylation is 1. The number of hydrogen-bond acceptors (Lipinski definition) is 7. The Morgan fingerprint density at radius 3 is 2.69 bits per heavy atom. The molecule has 0 unspecified atom stereocenters. The summed E-state index contributed by atoms with van der Waals surface area (Å²) in [5, 5.41) is 7.42. The molecule has 1 N–H and O–H groups in total. The van der Waals surface area contributed by atoms with Gasteiger partial charge in [-0.3, -0.25) is 4.79 Å². The molecule has 0 spiro atoms. The lowest BCUT2D eigenvalue weighted by Crippen LogP contribution is -2.23. The molecule has 4 rings (SSSR count). The van der Waals surface area contributed by atoms with Gasteiger partial charge in [0.15, 0.2) is 5.76 Å². The highest BCUT2D eigenvalue weighted by Gasteiger charge is 2.20. The number of anilines is 2. The van der Waals surface area contributed by atoms with Gasteiger partial charge in [-0.2, -0.15) is 0 Å². The summed E-state index contributed by atoms with van der Waals surface area (Å²) >= 11 is 0. The van der Waals surface area contributed by atoms with Crippen molar-refractivity contribution in [3.05, 3.63) is 54.0 Å². The molecule has 8 nitrogen and oxygen atoms in total. The fraction of sp³-hybridized carbons (Fsp3) is 0.238. The average Bonchev–Trinajstić information content (AvgIpc) is 3.40. The van der Waals surface area contributed by atoms with Crippen molar-refractivity contribution in [2.24, 2.45) is 0 Å². The minimum absolute atomic E-state index is 0.288. The largest absolute Gasteiger partial charge is 0.463 e.